The topological polar surface area (TPSA) is 49.8 Å². The monoisotopic (exact) mass is 391 g/mol. The van der Waals surface area contributed by atoms with Crippen molar-refractivity contribution < 1.29 is 18.9 Å². The van der Waals surface area contributed by atoms with Gasteiger partial charge in [-0.15, -0.1) is 0 Å². The molecule has 1 aromatic heterocycles. The van der Waals surface area contributed by atoms with Crippen molar-refractivity contribution in [3.63, 3.8) is 0 Å². The summed E-state index contributed by atoms with van der Waals surface area (Å²) >= 11 is 7.41. The zero-order chi connectivity index (χ0) is 18.7. The molecule has 0 N–H and O–H groups in total. The molecule has 1 heterocycles. The van der Waals surface area contributed by atoms with Crippen LogP contribution >= 0.6 is 23.1 Å². The number of hydrogen-bond acceptors (Lipinski definition) is 6. The van der Waals surface area contributed by atoms with Crippen molar-refractivity contribution in [1.82, 2.24) is 4.37 Å². The average molecular weight is 392 g/mol. The molecule has 2 aromatic carbocycles. The Morgan fingerprint density at radius 1 is 0.808 bits per heavy atom. The minimum absolute atomic E-state index is 0.470. The van der Waals surface area contributed by atoms with E-state index >= 15 is 0 Å². The highest BCUT2D eigenvalue weighted by Gasteiger charge is 2.24. The molecule has 0 bridgehead atoms. The predicted octanol–water partition coefficient (Wildman–Crippen LogP) is 5.16. The first-order valence-electron chi connectivity index (χ1n) is 7.72. The lowest BCUT2D eigenvalue weighted by Gasteiger charge is -2.18. The van der Waals surface area contributed by atoms with E-state index < -0.39 is 0 Å². The Balaban J connectivity index is 2.25. The van der Waals surface area contributed by atoms with Gasteiger partial charge in [0.05, 0.1) is 33.3 Å². The van der Waals surface area contributed by atoms with E-state index in [-0.39, 0.29) is 0 Å². The van der Waals surface area contributed by atoms with E-state index in [0.29, 0.717) is 28.0 Å². The Labute approximate surface area is 161 Å². The summed E-state index contributed by atoms with van der Waals surface area (Å²) in [6.07, 6.45) is 1.80. The molecule has 0 aliphatic rings. The number of ether oxygens (including phenoxy) is 4. The summed E-state index contributed by atoms with van der Waals surface area (Å²) < 4.78 is 26.5. The maximum atomic E-state index is 6.01. The second-order valence-corrected chi connectivity index (χ2v) is 6.54. The van der Waals surface area contributed by atoms with Crippen LogP contribution in [-0.4, -0.2) is 32.8 Å². The van der Waals surface area contributed by atoms with Gasteiger partial charge in [-0.25, -0.2) is 0 Å². The molecule has 0 atom stereocenters. The first-order chi connectivity index (χ1) is 12.6. The van der Waals surface area contributed by atoms with Crippen molar-refractivity contribution in [3.8, 4) is 44.6 Å². The minimum Gasteiger partial charge on any atom is -0.493 e. The van der Waals surface area contributed by atoms with Crippen molar-refractivity contribution in [3.05, 3.63) is 41.6 Å². The molecule has 0 spiro atoms. The molecule has 0 amide bonds. The van der Waals surface area contributed by atoms with Crippen molar-refractivity contribution in [2.24, 2.45) is 0 Å². The van der Waals surface area contributed by atoms with Crippen LogP contribution in [0.25, 0.3) is 21.6 Å². The highest BCUT2D eigenvalue weighted by atomic mass is 35.5. The van der Waals surface area contributed by atoms with Crippen LogP contribution in [0, 0.1) is 0 Å². The van der Waals surface area contributed by atoms with E-state index in [1.54, 1.807) is 34.6 Å². The summed E-state index contributed by atoms with van der Waals surface area (Å²) in [7, 11) is 6.30. The Morgan fingerprint density at radius 3 is 2.04 bits per heavy atom. The molecule has 7 heteroatoms. The molecule has 0 saturated heterocycles. The summed E-state index contributed by atoms with van der Waals surface area (Å²) in [4.78, 5) is 0.995. The van der Waals surface area contributed by atoms with Gasteiger partial charge in [0.2, 0.25) is 11.5 Å². The number of rotatable bonds is 6. The molecule has 136 valence electrons. The van der Waals surface area contributed by atoms with Crippen LogP contribution in [0.4, 0.5) is 0 Å². The SMILES string of the molecule is COc1cc(-c2cnsc2-c2ccc(Cl)cc2)c(OC)c(OC)c1OC. The number of benzene rings is 2. The number of nitrogens with zero attached hydrogens (tertiary/aromatic N) is 1. The maximum Gasteiger partial charge on any atom is 0.207 e. The highest BCUT2D eigenvalue weighted by molar-refractivity contribution is 7.10. The molecule has 0 aliphatic heterocycles. The normalized spacial score (nSPS) is 10.5. The third-order valence-electron chi connectivity index (χ3n) is 3.96. The van der Waals surface area contributed by atoms with Gasteiger partial charge in [-0.2, -0.15) is 4.37 Å². The Kier molecular flexibility index (Phi) is 5.54. The quantitative estimate of drug-likeness (QED) is 0.580. The zero-order valence-electron chi connectivity index (χ0n) is 14.8. The standard InChI is InChI=1S/C19H18ClNO4S/c1-22-15-9-13(16(23-2)18(25-4)17(15)24-3)14-10-21-26-19(14)11-5-7-12(20)8-6-11/h5-10H,1-4H3. The molecule has 0 saturated carbocycles. The fraction of sp³-hybridized carbons (Fsp3) is 0.211. The summed E-state index contributed by atoms with van der Waals surface area (Å²) in [5, 5.41) is 0.685. The first kappa shape index (κ1) is 18.4. The van der Waals surface area contributed by atoms with Crippen LogP contribution in [0.1, 0.15) is 0 Å². The number of hydrogen-bond donors (Lipinski definition) is 0. The van der Waals surface area contributed by atoms with Gasteiger partial charge in [0, 0.05) is 22.3 Å². The van der Waals surface area contributed by atoms with Crippen molar-refractivity contribution >= 4 is 23.1 Å². The maximum absolute atomic E-state index is 6.01. The van der Waals surface area contributed by atoms with Crippen molar-refractivity contribution in [1.29, 1.82) is 0 Å². The van der Waals surface area contributed by atoms with E-state index in [1.807, 2.05) is 30.3 Å². The molecule has 3 rings (SSSR count). The van der Waals surface area contributed by atoms with Gasteiger partial charge in [-0.3, -0.25) is 0 Å². The lowest BCUT2D eigenvalue weighted by Crippen LogP contribution is -2.00. The minimum atomic E-state index is 0.470. The average Bonchev–Trinajstić information content (AvgIpc) is 3.16. The van der Waals surface area contributed by atoms with Crippen LogP contribution in [0.3, 0.4) is 0 Å². The molecule has 26 heavy (non-hydrogen) atoms. The largest absolute Gasteiger partial charge is 0.493 e. The number of aromatic nitrogens is 1. The first-order valence-corrected chi connectivity index (χ1v) is 8.87. The van der Waals surface area contributed by atoms with Crippen LogP contribution in [0.2, 0.25) is 5.02 Å². The van der Waals surface area contributed by atoms with Gasteiger partial charge in [0.15, 0.2) is 11.5 Å². The van der Waals surface area contributed by atoms with Crippen LogP contribution in [0.5, 0.6) is 23.0 Å². The summed E-state index contributed by atoms with van der Waals surface area (Å²) in [5.74, 6) is 2.05. The lowest BCUT2D eigenvalue weighted by molar-refractivity contribution is 0.306. The molecule has 3 aromatic rings. The number of methoxy groups -OCH3 is 4. The van der Waals surface area contributed by atoms with E-state index in [4.69, 9.17) is 30.5 Å². The zero-order valence-corrected chi connectivity index (χ0v) is 16.4. The summed E-state index contributed by atoms with van der Waals surface area (Å²) in [6, 6.07) is 9.50. The summed E-state index contributed by atoms with van der Waals surface area (Å²) in [5.41, 5.74) is 2.73. The van der Waals surface area contributed by atoms with Gasteiger partial charge < -0.3 is 18.9 Å². The second kappa shape index (κ2) is 7.85. The number of halogens is 1. The molecule has 0 radical (unpaired) electrons. The molecule has 5 nitrogen and oxygen atoms in total. The molecular weight excluding hydrogens is 374 g/mol. The molecule has 0 aliphatic carbocycles. The van der Waals surface area contributed by atoms with E-state index in [2.05, 4.69) is 4.37 Å². The van der Waals surface area contributed by atoms with Gasteiger partial charge in [-0.05, 0) is 35.3 Å². The van der Waals surface area contributed by atoms with Crippen LogP contribution < -0.4 is 18.9 Å². The fourth-order valence-electron chi connectivity index (χ4n) is 2.77. The predicted molar refractivity (Wildman–Crippen MR) is 104 cm³/mol. The van der Waals surface area contributed by atoms with E-state index in [1.165, 1.54) is 11.5 Å². The molecular formula is C19H18ClNO4S. The van der Waals surface area contributed by atoms with Crippen molar-refractivity contribution in [2.75, 3.05) is 28.4 Å². The third-order valence-corrected chi connectivity index (χ3v) is 5.06. The molecule has 0 unspecified atom stereocenters. The van der Waals surface area contributed by atoms with Crippen LogP contribution in [-0.2, 0) is 0 Å². The van der Waals surface area contributed by atoms with E-state index in [0.717, 1.165) is 21.6 Å². The second-order valence-electron chi connectivity index (χ2n) is 5.30. The smallest absolute Gasteiger partial charge is 0.207 e. The Hall–Kier alpha value is -2.44. The van der Waals surface area contributed by atoms with E-state index in [9.17, 15) is 0 Å². The van der Waals surface area contributed by atoms with Gasteiger partial charge in [-0.1, -0.05) is 23.7 Å². The van der Waals surface area contributed by atoms with Gasteiger partial charge >= 0.3 is 0 Å². The van der Waals surface area contributed by atoms with Crippen LogP contribution in [0.15, 0.2) is 36.5 Å². The summed E-state index contributed by atoms with van der Waals surface area (Å²) in [6.45, 7) is 0. The van der Waals surface area contributed by atoms with Crippen molar-refractivity contribution in [2.45, 2.75) is 0 Å². The Morgan fingerprint density at radius 2 is 1.46 bits per heavy atom. The van der Waals surface area contributed by atoms with Gasteiger partial charge in [0.25, 0.3) is 0 Å². The Bertz CT molecular complexity index is 909. The highest BCUT2D eigenvalue weighted by Crippen LogP contribution is 2.51. The van der Waals surface area contributed by atoms with Gasteiger partial charge in [0.1, 0.15) is 0 Å². The fourth-order valence-corrected chi connectivity index (χ4v) is 3.67. The third kappa shape index (κ3) is 3.18. The molecule has 0 fully saturated rings. The lowest BCUT2D eigenvalue weighted by atomic mass is 10.0.